The van der Waals surface area contributed by atoms with Crippen molar-refractivity contribution >= 4 is 29.2 Å². The van der Waals surface area contributed by atoms with Crippen LogP contribution in [0.15, 0.2) is 12.1 Å². The van der Waals surface area contributed by atoms with Crippen LogP contribution in [0.3, 0.4) is 0 Å². The van der Waals surface area contributed by atoms with Gasteiger partial charge in [0.15, 0.2) is 0 Å². The predicted octanol–water partition coefficient (Wildman–Crippen LogP) is 3.60. The molecule has 0 unspecified atom stereocenters. The molecule has 0 saturated heterocycles. The molecule has 1 aliphatic rings. The minimum absolute atomic E-state index is 0.156. The van der Waals surface area contributed by atoms with Crippen molar-refractivity contribution in [1.82, 2.24) is 10.3 Å². The maximum absolute atomic E-state index is 12.1. The van der Waals surface area contributed by atoms with E-state index in [0.29, 0.717) is 16.2 Å². The van der Waals surface area contributed by atoms with Crippen LogP contribution < -0.4 is 5.32 Å². The number of esters is 1. The Kier molecular flexibility index (Phi) is 6.27. The van der Waals surface area contributed by atoms with Crippen LogP contribution in [0.4, 0.5) is 0 Å². The lowest BCUT2D eigenvalue weighted by atomic mass is 9.98. The molecule has 0 spiro atoms. The van der Waals surface area contributed by atoms with Crippen LogP contribution in [-0.4, -0.2) is 24.0 Å². The van der Waals surface area contributed by atoms with E-state index in [1.165, 1.54) is 25.7 Å². The summed E-state index contributed by atoms with van der Waals surface area (Å²) in [6.07, 6.45) is 5.80. The molecule has 0 aliphatic heterocycles. The zero-order chi connectivity index (χ0) is 15.2. The summed E-state index contributed by atoms with van der Waals surface area (Å²) >= 11 is 11.6. The minimum atomic E-state index is -0.249. The lowest BCUT2D eigenvalue weighted by Crippen LogP contribution is -2.37. The molecule has 4 nitrogen and oxygen atoms in total. The second-order valence-electron chi connectivity index (χ2n) is 5.46. The van der Waals surface area contributed by atoms with Crippen molar-refractivity contribution < 1.29 is 9.53 Å². The molecular formula is C15H20Cl2N2O2. The molecule has 1 saturated carbocycles. The number of hydrogen-bond acceptors (Lipinski definition) is 4. The largest absolute Gasteiger partial charge is 0.460 e. The van der Waals surface area contributed by atoms with Crippen molar-refractivity contribution in [2.75, 3.05) is 7.05 Å². The summed E-state index contributed by atoms with van der Waals surface area (Å²) in [6.45, 7) is 0.156. The fraction of sp³-hybridized carbons (Fsp3) is 0.600. The van der Waals surface area contributed by atoms with Gasteiger partial charge in [-0.1, -0.05) is 48.9 Å². The third-order valence-electron chi connectivity index (χ3n) is 3.88. The van der Waals surface area contributed by atoms with Crippen molar-refractivity contribution in [1.29, 1.82) is 0 Å². The number of halogens is 2. The van der Waals surface area contributed by atoms with Gasteiger partial charge in [-0.25, -0.2) is 4.98 Å². The van der Waals surface area contributed by atoms with Crippen molar-refractivity contribution in [2.45, 2.75) is 44.8 Å². The first-order chi connectivity index (χ1) is 10.1. The second-order valence-corrected chi connectivity index (χ2v) is 6.23. The van der Waals surface area contributed by atoms with Gasteiger partial charge in [0, 0.05) is 0 Å². The van der Waals surface area contributed by atoms with Crippen LogP contribution in [0.2, 0.25) is 10.3 Å². The van der Waals surface area contributed by atoms with Gasteiger partial charge in [0.2, 0.25) is 0 Å². The van der Waals surface area contributed by atoms with E-state index in [1.807, 2.05) is 0 Å². The number of rotatable bonds is 6. The summed E-state index contributed by atoms with van der Waals surface area (Å²) in [6, 6.07) is 3.04. The van der Waals surface area contributed by atoms with E-state index in [1.54, 1.807) is 19.2 Å². The normalized spacial score (nSPS) is 16.9. The molecule has 0 bridgehead atoms. The molecule has 1 atom stereocenters. The number of aromatic nitrogens is 1. The number of ether oxygens (including phenoxy) is 1. The van der Waals surface area contributed by atoms with Gasteiger partial charge in [-0.3, -0.25) is 4.79 Å². The molecule has 0 radical (unpaired) electrons. The van der Waals surface area contributed by atoms with Crippen LogP contribution >= 0.6 is 23.2 Å². The Morgan fingerprint density at radius 3 is 2.57 bits per heavy atom. The average molecular weight is 331 g/mol. The van der Waals surface area contributed by atoms with Gasteiger partial charge in [-0.05, 0) is 37.1 Å². The van der Waals surface area contributed by atoms with Gasteiger partial charge in [0.1, 0.15) is 23.0 Å². The lowest BCUT2D eigenvalue weighted by Gasteiger charge is -2.18. The molecule has 0 amide bonds. The smallest absolute Gasteiger partial charge is 0.323 e. The molecular weight excluding hydrogens is 311 g/mol. The maximum Gasteiger partial charge on any atom is 0.323 e. The highest BCUT2D eigenvalue weighted by molar-refractivity contribution is 6.32. The van der Waals surface area contributed by atoms with Gasteiger partial charge >= 0.3 is 5.97 Å². The van der Waals surface area contributed by atoms with E-state index >= 15 is 0 Å². The maximum atomic E-state index is 12.1. The Morgan fingerprint density at radius 2 is 2.00 bits per heavy atom. The second kappa shape index (κ2) is 7.97. The number of likely N-dealkylation sites (N-methyl/N-ethyl adjacent to an activating group) is 1. The summed E-state index contributed by atoms with van der Waals surface area (Å²) in [7, 11) is 1.79. The first-order valence-electron chi connectivity index (χ1n) is 7.24. The molecule has 1 aromatic rings. The average Bonchev–Trinajstić information content (AvgIpc) is 2.94. The Hall–Kier alpha value is -0.840. The summed E-state index contributed by atoms with van der Waals surface area (Å²) in [5.74, 6) is 0.397. The number of pyridine rings is 1. The molecule has 1 aliphatic carbocycles. The first-order valence-corrected chi connectivity index (χ1v) is 8.00. The number of hydrogen-bond donors (Lipinski definition) is 1. The van der Waals surface area contributed by atoms with Crippen molar-refractivity contribution in [3.05, 3.63) is 28.0 Å². The third kappa shape index (κ3) is 5.13. The van der Waals surface area contributed by atoms with E-state index in [4.69, 9.17) is 27.9 Å². The number of nitrogens with one attached hydrogen (secondary N) is 1. The van der Waals surface area contributed by atoms with Crippen LogP contribution in [0.5, 0.6) is 0 Å². The Labute approximate surface area is 135 Å². The number of nitrogens with zero attached hydrogens (tertiary/aromatic N) is 1. The zero-order valence-corrected chi connectivity index (χ0v) is 13.6. The topological polar surface area (TPSA) is 51.2 Å². The highest BCUT2D eigenvalue weighted by Crippen LogP contribution is 2.28. The SMILES string of the molecule is CN[C@@H](CC1CCCC1)C(=O)OCc1cc(Cl)nc(Cl)c1. The Bertz CT molecular complexity index is 470. The van der Waals surface area contributed by atoms with Crippen molar-refractivity contribution in [2.24, 2.45) is 5.92 Å². The van der Waals surface area contributed by atoms with Gasteiger partial charge in [-0.15, -0.1) is 0 Å². The zero-order valence-electron chi connectivity index (χ0n) is 12.1. The van der Waals surface area contributed by atoms with Crippen molar-refractivity contribution in [3.8, 4) is 0 Å². The van der Waals surface area contributed by atoms with E-state index in [2.05, 4.69) is 10.3 Å². The summed E-state index contributed by atoms with van der Waals surface area (Å²) in [5, 5.41) is 3.64. The molecule has 1 aromatic heterocycles. The van der Waals surface area contributed by atoms with Gasteiger partial charge in [0.05, 0.1) is 0 Å². The van der Waals surface area contributed by atoms with Crippen LogP contribution in [0, 0.1) is 5.92 Å². The van der Waals surface area contributed by atoms with Crippen molar-refractivity contribution in [3.63, 3.8) is 0 Å². The summed E-state index contributed by atoms with van der Waals surface area (Å²) in [4.78, 5) is 16.0. The molecule has 6 heteroatoms. The third-order valence-corrected chi connectivity index (χ3v) is 4.27. The molecule has 2 rings (SSSR count). The van der Waals surface area contributed by atoms with E-state index < -0.39 is 0 Å². The molecule has 21 heavy (non-hydrogen) atoms. The predicted molar refractivity (Wildman–Crippen MR) is 83.5 cm³/mol. The minimum Gasteiger partial charge on any atom is -0.460 e. The summed E-state index contributed by atoms with van der Waals surface area (Å²) in [5.41, 5.74) is 0.740. The number of carbonyl (C=O) groups excluding carboxylic acids is 1. The van der Waals surface area contributed by atoms with Gasteiger partial charge in [0.25, 0.3) is 0 Å². The lowest BCUT2D eigenvalue weighted by molar-refractivity contribution is -0.147. The highest BCUT2D eigenvalue weighted by Gasteiger charge is 2.25. The summed E-state index contributed by atoms with van der Waals surface area (Å²) < 4.78 is 5.35. The monoisotopic (exact) mass is 330 g/mol. The Morgan fingerprint density at radius 1 is 1.38 bits per heavy atom. The van der Waals surface area contributed by atoms with E-state index in [9.17, 15) is 4.79 Å². The van der Waals surface area contributed by atoms with E-state index in [-0.39, 0.29) is 18.6 Å². The van der Waals surface area contributed by atoms with Crippen LogP contribution in [0.25, 0.3) is 0 Å². The standard InChI is InChI=1S/C15H20Cl2N2O2/c1-18-12(6-10-4-2-3-5-10)15(20)21-9-11-7-13(16)19-14(17)8-11/h7-8,10,12,18H,2-6,9H2,1H3/t12-/m0/s1. The molecule has 1 heterocycles. The van der Waals surface area contributed by atoms with Crippen LogP contribution in [-0.2, 0) is 16.1 Å². The fourth-order valence-corrected chi connectivity index (χ4v) is 3.27. The number of carbonyl (C=O) groups is 1. The van der Waals surface area contributed by atoms with Gasteiger partial charge < -0.3 is 10.1 Å². The molecule has 1 fully saturated rings. The quantitative estimate of drug-likeness (QED) is 0.639. The van der Waals surface area contributed by atoms with Crippen LogP contribution in [0.1, 0.15) is 37.7 Å². The first kappa shape index (κ1) is 16.5. The fourth-order valence-electron chi connectivity index (χ4n) is 2.76. The molecule has 0 aromatic carbocycles. The Balaban J connectivity index is 1.86. The molecule has 116 valence electrons. The highest BCUT2D eigenvalue weighted by atomic mass is 35.5. The molecule has 1 N–H and O–H groups in total. The van der Waals surface area contributed by atoms with E-state index in [0.717, 1.165) is 12.0 Å². The van der Waals surface area contributed by atoms with Gasteiger partial charge in [-0.2, -0.15) is 0 Å².